The van der Waals surface area contributed by atoms with Gasteiger partial charge in [-0.15, -0.1) is 0 Å². The van der Waals surface area contributed by atoms with Gasteiger partial charge in [0, 0.05) is 20.4 Å². The van der Waals surface area contributed by atoms with Gasteiger partial charge in [0.25, 0.3) is 8.32 Å². The van der Waals surface area contributed by atoms with Gasteiger partial charge in [0.2, 0.25) is 5.91 Å². The third kappa shape index (κ3) is 8.67. The molecule has 0 unspecified atom stereocenters. The Bertz CT molecular complexity index is 1000. The molecule has 0 saturated heterocycles. The Morgan fingerprint density at radius 3 is 1.62 bits per heavy atom. The zero-order valence-electron chi connectivity index (χ0n) is 24.8. The van der Waals surface area contributed by atoms with Crippen molar-refractivity contribution in [1.29, 1.82) is 0 Å². The van der Waals surface area contributed by atoms with E-state index in [9.17, 15) is 9.59 Å². The van der Waals surface area contributed by atoms with Gasteiger partial charge < -0.3 is 9.74 Å². The molecular formula is C31H49NO3Si2. The summed E-state index contributed by atoms with van der Waals surface area (Å²) in [5.41, 5.74) is 3.09. The van der Waals surface area contributed by atoms with E-state index in [0.717, 1.165) is 16.8 Å². The molecule has 2 aromatic carbocycles. The summed E-state index contributed by atoms with van der Waals surface area (Å²) in [7, 11) is -4.24. The van der Waals surface area contributed by atoms with Crippen molar-refractivity contribution in [2.45, 2.75) is 103 Å². The minimum atomic E-state index is -2.66. The Labute approximate surface area is 227 Å². The van der Waals surface area contributed by atoms with Crippen LogP contribution in [0.3, 0.4) is 0 Å². The Kier molecular flexibility index (Phi) is 10.2. The van der Waals surface area contributed by atoms with E-state index in [2.05, 4.69) is 66.5 Å². The maximum Gasteiger partial charge on any atom is 0.315 e. The molecule has 1 amide bonds. The molecule has 204 valence electrons. The minimum Gasteiger partial charge on any atom is -0.517 e. The lowest BCUT2D eigenvalue weighted by Crippen LogP contribution is -2.61. The normalized spacial score (nSPS) is 14.5. The molecule has 0 aromatic heterocycles. The smallest absolute Gasteiger partial charge is 0.315 e. The maximum absolute atomic E-state index is 14.1. The molecule has 2 aromatic rings. The highest BCUT2D eigenvalue weighted by Crippen LogP contribution is 2.55. The van der Waals surface area contributed by atoms with E-state index >= 15 is 0 Å². The van der Waals surface area contributed by atoms with Gasteiger partial charge in [-0.1, -0.05) is 129 Å². The molecule has 0 aliphatic carbocycles. The van der Waals surface area contributed by atoms with Crippen LogP contribution < -0.4 is 5.32 Å². The second-order valence-corrected chi connectivity index (χ2v) is 25.2. The summed E-state index contributed by atoms with van der Waals surface area (Å²) in [5.74, 6) is -0.674. The highest BCUT2D eigenvalue weighted by Gasteiger charge is 2.59. The molecule has 6 heteroatoms. The summed E-state index contributed by atoms with van der Waals surface area (Å²) in [5, 5.41) is 2.79. The fourth-order valence-corrected chi connectivity index (χ4v) is 19.3. The SMILES string of the molecule is C[C@@H](Cc1ccccc1)C(=O)N[C@@H](Cc1ccccc1)C(=O)O[Si](C[Si](C)(C)C)(C(C)(C)C)C(C)(C)C. The van der Waals surface area contributed by atoms with E-state index in [1.165, 1.54) is 0 Å². The van der Waals surface area contributed by atoms with Crippen LogP contribution in [-0.4, -0.2) is 34.3 Å². The van der Waals surface area contributed by atoms with Crippen LogP contribution in [0.2, 0.25) is 35.4 Å². The Hall–Kier alpha value is -2.19. The third-order valence-corrected chi connectivity index (χ3v) is 18.8. The molecule has 2 atom stereocenters. The van der Waals surface area contributed by atoms with Crippen LogP contribution in [0.5, 0.6) is 0 Å². The van der Waals surface area contributed by atoms with Gasteiger partial charge in [-0.25, -0.2) is 0 Å². The number of amides is 1. The molecule has 0 heterocycles. The van der Waals surface area contributed by atoms with Crippen molar-refractivity contribution < 1.29 is 14.0 Å². The first-order valence-electron chi connectivity index (χ1n) is 13.6. The standard InChI is InChI=1S/C31H49NO3Si2/c1-24(21-25-17-13-11-14-18-25)28(33)32-27(22-26-19-15-12-16-20-26)29(34)35-37(30(2,3)4,31(5,6)7)23-36(8,9)10/h11-20,24,27H,21-23H2,1-10H3,(H,32,33)/t24-,27-/m0/s1. The molecule has 0 fully saturated rings. The first-order valence-corrected chi connectivity index (χ1v) is 19.4. The largest absolute Gasteiger partial charge is 0.517 e. The second kappa shape index (κ2) is 12.1. The summed E-state index contributed by atoms with van der Waals surface area (Å²) in [6, 6.07) is 19.2. The Balaban J connectivity index is 2.39. The van der Waals surface area contributed by atoms with Gasteiger partial charge in [0.15, 0.2) is 0 Å². The third-order valence-electron chi connectivity index (χ3n) is 7.19. The molecule has 0 radical (unpaired) electrons. The molecule has 0 aliphatic heterocycles. The fraction of sp³-hybridized carbons (Fsp3) is 0.548. The van der Waals surface area contributed by atoms with E-state index in [-0.39, 0.29) is 27.9 Å². The quantitative estimate of drug-likeness (QED) is 0.317. The van der Waals surface area contributed by atoms with E-state index in [1.807, 2.05) is 67.6 Å². The number of hydrogen-bond acceptors (Lipinski definition) is 3. The lowest BCUT2D eigenvalue weighted by atomic mass is 9.99. The Morgan fingerprint density at radius 2 is 1.22 bits per heavy atom. The number of nitrogens with one attached hydrogen (secondary N) is 1. The van der Waals surface area contributed by atoms with E-state index in [0.29, 0.717) is 12.8 Å². The summed E-state index contributed by atoms with van der Waals surface area (Å²) >= 11 is 0. The zero-order valence-corrected chi connectivity index (χ0v) is 26.8. The number of carbonyl (C=O) groups excluding carboxylic acids is 2. The van der Waals surface area contributed by atoms with Crippen molar-refractivity contribution in [3.05, 3.63) is 71.8 Å². The lowest BCUT2D eigenvalue weighted by molar-refractivity contribution is -0.141. The molecule has 37 heavy (non-hydrogen) atoms. The van der Waals surface area contributed by atoms with Crippen LogP contribution in [0.4, 0.5) is 0 Å². The maximum atomic E-state index is 14.1. The highest BCUT2D eigenvalue weighted by molar-refractivity contribution is 6.96. The van der Waals surface area contributed by atoms with E-state index in [4.69, 9.17) is 4.43 Å². The van der Waals surface area contributed by atoms with Crippen LogP contribution >= 0.6 is 0 Å². The summed E-state index contributed by atoms with van der Waals surface area (Å²) < 4.78 is 6.80. The van der Waals surface area contributed by atoms with Gasteiger partial charge in [-0.2, -0.15) is 0 Å². The van der Waals surface area contributed by atoms with Crippen molar-refractivity contribution >= 4 is 28.3 Å². The van der Waals surface area contributed by atoms with Crippen LogP contribution in [0.25, 0.3) is 0 Å². The van der Waals surface area contributed by atoms with Crippen molar-refractivity contribution in [1.82, 2.24) is 5.32 Å². The van der Waals surface area contributed by atoms with Gasteiger partial charge in [-0.3, -0.25) is 9.59 Å². The van der Waals surface area contributed by atoms with E-state index < -0.39 is 22.4 Å². The number of rotatable bonds is 10. The second-order valence-electron chi connectivity index (χ2n) is 13.8. The van der Waals surface area contributed by atoms with Crippen molar-refractivity contribution in [3.8, 4) is 0 Å². The number of carbonyl (C=O) groups is 2. The van der Waals surface area contributed by atoms with Crippen LogP contribution in [0.15, 0.2) is 60.7 Å². The zero-order chi connectivity index (χ0) is 28.1. The molecule has 0 aliphatic rings. The topological polar surface area (TPSA) is 55.4 Å². The first kappa shape index (κ1) is 31.0. The lowest BCUT2D eigenvalue weighted by Gasteiger charge is -2.52. The summed E-state index contributed by atoms with van der Waals surface area (Å²) in [6.45, 7) is 22.3. The van der Waals surface area contributed by atoms with Crippen LogP contribution in [0, 0.1) is 5.92 Å². The van der Waals surface area contributed by atoms with Gasteiger partial charge in [0.1, 0.15) is 6.04 Å². The summed E-state index contributed by atoms with van der Waals surface area (Å²) in [4.78, 5) is 27.4. The van der Waals surface area contributed by atoms with Gasteiger partial charge in [-0.05, 0) is 33.3 Å². The molecule has 0 saturated carbocycles. The number of hydrogen-bond donors (Lipinski definition) is 1. The molecular weight excluding hydrogens is 491 g/mol. The van der Waals surface area contributed by atoms with E-state index in [1.54, 1.807) is 0 Å². The predicted molar refractivity (Wildman–Crippen MR) is 161 cm³/mol. The molecule has 0 bridgehead atoms. The average molecular weight is 540 g/mol. The Morgan fingerprint density at radius 1 is 0.784 bits per heavy atom. The van der Waals surface area contributed by atoms with Gasteiger partial charge in [0.05, 0.1) is 0 Å². The fourth-order valence-electron chi connectivity index (χ4n) is 5.40. The first-order chi connectivity index (χ1) is 17.0. The molecule has 0 spiro atoms. The average Bonchev–Trinajstić information content (AvgIpc) is 2.77. The van der Waals surface area contributed by atoms with Gasteiger partial charge >= 0.3 is 5.97 Å². The molecule has 2 rings (SSSR count). The van der Waals surface area contributed by atoms with Crippen LogP contribution in [-0.2, 0) is 26.9 Å². The predicted octanol–water partition coefficient (Wildman–Crippen LogP) is 7.56. The van der Waals surface area contributed by atoms with Crippen molar-refractivity contribution in [3.63, 3.8) is 0 Å². The van der Waals surface area contributed by atoms with Crippen molar-refractivity contribution in [2.24, 2.45) is 5.92 Å². The molecule has 1 N–H and O–H groups in total. The van der Waals surface area contributed by atoms with Crippen molar-refractivity contribution in [2.75, 3.05) is 0 Å². The minimum absolute atomic E-state index is 0.120. The monoisotopic (exact) mass is 539 g/mol. The highest BCUT2D eigenvalue weighted by atomic mass is 28.4. The number of benzene rings is 2. The summed E-state index contributed by atoms with van der Waals surface area (Å²) in [6.07, 6.45) is 1.03. The van der Waals surface area contributed by atoms with Crippen LogP contribution in [0.1, 0.15) is 59.6 Å². The molecule has 4 nitrogen and oxygen atoms in total.